The van der Waals surface area contributed by atoms with Gasteiger partial charge in [0, 0.05) is 22.1 Å². The average Bonchev–Trinajstić information content (AvgIpc) is 2.28. The van der Waals surface area contributed by atoms with Gasteiger partial charge in [0.1, 0.15) is 5.25 Å². The predicted molar refractivity (Wildman–Crippen MR) is 73.1 cm³/mol. The van der Waals surface area contributed by atoms with Crippen LogP contribution in [0.3, 0.4) is 0 Å². The number of primary amides is 1. The molecule has 0 aliphatic carbocycles. The first-order valence-electron chi connectivity index (χ1n) is 5.81. The summed E-state index contributed by atoms with van der Waals surface area (Å²) >= 11 is 0. The van der Waals surface area contributed by atoms with Crippen molar-refractivity contribution in [3.63, 3.8) is 0 Å². The maximum absolute atomic E-state index is 12.1. The van der Waals surface area contributed by atoms with E-state index in [4.69, 9.17) is 10.8 Å². The molecule has 104 valence electrons. The second-order valence-corrected chi connectivity index (χ2v) is 6.15. The SMILES string of the molecule is CC(C)C(C(=O)O)S(=O)Cc1ccc(C(N)=O)cc1. The van der Waals surface area contributed by atoms with Crippen LogP contribution in [0.5, 0.6) is 0 Å². The molecule has 0 spiro atoms. The third-order valence-corrected chi connectivity index (χ3v) is 4.61. The van der Waals surface area contributed by atoms with E-state index in [9.17, 15) is 13.8 Å². The lowest BCUT2D eigenvalue weighted by molar-refractivity contribution is -0.137. The molecule has 0 saturated carbocycles. The molecule has 1 rings (SSSR count). The first-order valence-corrected chi connectivity index (χ1v) is 7.20. The molecule has 2 unspecified atom stereocenters. The van der Waals surface area contributed by atoms with E-state index in [1.165, 1.54) is 0 Å². The zero-order valence-corrected chi connectivity index (χ0v) is 11.6. The van der Waals surface area contributed by atoms with Crippen LogP contribution in [0.15, 0.2) is 24.3 Å². The largest absolute Gasteiger partial charge is 0.480 e. The van der Waals surface area contributed by atoms with E-state index in [1.807, 2.05) is 0 Å². The molecule has 0 saturated heterocycles. The van der Waals surface area contributed by atoms with Crippen LogP contribution in [-0.4, -0.2) is 26.4 Å². The molecule has 0 aliphatic rings. The van der Waals surface area contributed by atoms with Gasteiger partial charge >= 0.3 is 5.97 Å². The molecule has 0 bridgehead atoms. The fourth-order valence-corrected chi connectivity index (χ4v) is 3.25. The first-order chi connectivity index (χ1) is 8.82. The van der Waals surface area contributed by atoms with Crippen LogP contribution < -0.4 is 5.73 Å². The maximum Gasteiger partial charge on any atom is 0.319 e. The minimum Gasteiger partial charge on any atom is -0.480 e. The molecule has 6 heteroatoms. The second kappa shape index (κ2) is 6.47. The van der Waals surface area contributed by atoms with E-state index < -0.39 is 27.9 Å². The van der Waals surface area contributed by atoms with Crippen molar-refractivity contribution in [1.82, 2.24) is 0 Å². The zero-order valence-electron chi connectivity index (χ0n) is 10.8. The molecule has 19 heavy (non-hydrogen) atoms. The van der Waals surface area contributed by atoms with Gasteiger partial charge in [-0.3, -0.25) is 13.8 Å². The lowest BCUT2D eigenvalue weighted by Gasteiger charge is -2.15. The Labute approximate surface area is 114 Å². The number of nitrogens with two attached hydrogens (primary N) is 1. The third kappa shape index (κ3) is 4.17. The summed E-state index contributed by atoms with van der Waals surface area (Å²) in [5, 5.41) is 8.16. The van der Waals surface area contributed by atoms with Gasteiger partial charge in [-0.1, -0.05) is 26.0 Å². The second-order valence-electron chi connectivity index (χ2n) is 4.59. The van der Waals surface area contributed by atoms with Gasteiger partial charge in [0.05, 0.1) is 0 Å². The molecule has 2 atom stereocenters. The molecule has 5 nitrogen and oxygen atoms in total. The first kappa shape index (κ1) is 15.4. The van der Waals surface area contributed by atoms with Crippen molar-refractivity contribution in [3.8, 4) is 0 Å². The molecule has 0 heterocycles. The number of aliphatic carboxylic acids is 1. The summed E-state index contributed by atoms with van der Waals surface area (Å²) in [6.07, 6.45) is 0. The van der Waals surface area contributed by atoms with E-state index in [-0.39, 0.29) is 11.7 Å². The van der Waals surface area contributed by atoms with Gasteiger partial charge < -0.3 is 10.8 Å². The van der Waals surface area contributed by atoms with Crippen molar-refractivity contribution in [2.24, 2.45) is 11.7 Å². The van der Waals surface area contributed by atoms with Gasteiger partial charge in [0.2, 0.25) is 5.91 Å². The van der Waals surface area contributed by atoms with Gasteiger partial charge in [-0.15, -0.1) is 0 Å². The molecule has 1 aromatic rings. The van der Waals surface area contributed by atoms with Crippen LogP contribution in [-0.2, 0) is 21.3 Å². The smallest absolute Gasteiger partial charge is 0.319 e. The highest BCUT2D eigenvalue weighted by Crippen LogP contribution is 2.15. The van der Waals surface area contributed by atoms with E-state index >= 15 is 0 Å². The average molecular weight is 283 g/mol. The molecule has 0 aromatic heterocycles. The molecular formula is C13H17NO4S. The summed E-state index contributed by atoms with van der Waals surface area (Å²) in [6, 6.07) is 6.36. The third-order valence-electron chi connectivity index (χ3n) is 2.68. The Morgan fingerprint density at radius 3 is 2.16 bits per heavy atom. The van der Waals surface area contributed by atoms with Gasteiger partial charge in [-0.05, 0) is 23.6 Å². The van der Waals surface area contributed by atoms with Crippen LogP contribution in [0, 0.1) is 5.92 Å². The summed E-state index contributed by atoms with van der Waals surface area (Å²) < 4.78 is 12.1. The minimum absolute atomic E-state index is 0.147. The zero-order chi connectivity index (χ0) is 14.6. The number of carboxylic acid groups (broad SMARTS) is 1. The van der Waals surface area contributed by atoms with Gasteiger partial charge in [-0.2, -0.15) is 0 Å². The molecule has 0 aliphatic heterocycles. The number of benzene rings is 1. The number of hydrogen-bond donors (Lipinski definition) is 2. The standard InChI is InChI=1S/C13H17NO4S/c1-8(2)11(13(16)17)19(18)7-9-3-5-10(6-4-9)12(14)15/h3-6,8,11H,7H2,1-2H3,(H2,14,15)(H,16,17). The van der Waals surface area contributed by atoms with Gasteiger partial charge in [0.15, 0.2) is 0 Å². The Morgan fingerprint density at radius 1 is 1.26 bits per heavy atom. The minimum atomic E-state index is -1.50. The lowest BCUT2D eigenvalue weighted by Crippen LogP contribution is -2.31. The van der Waals surface area contributed by atoms with Crippen LogP contribution in [0.1, 0.15) is 29.8 Å². The van der Waals surface area contributed by atoms with Gasteiger partial charge in [0.25, 0.3) is 0 Å². The maximum atomic E-state index is 12.1. The monoisotopic (exact) mass is 283 g/mol. The van der Waals surface area contributed by atoms with Crippen molar-refractivity contribution in [1.29, 1.82) is 0 Å². The Bertz CT molecular complexity index is 496. The fourth-order valence-electron chi connectivity index (χ4n) is 1.72. The van der Waals surface area contributed by atoms with Crippen LogP contribution in [0.25, 0.3) is 0 Å². The summed E-state index contributed by atoms with van der Waals surface area (Å²) in [7, 11) is -1.50. The van der Waals surface area contributed by atoms with E-state index in [2.05, 4.69) is 0 Å². The van der Waals surface area contributed by atoms with Crippen molar-refractivity contribution in [2.75, 3.05) is 0 Å². The number of rotatable bonds is 6. The molecular weight excluding hydrogens is 266 g/mol. The highest BCUT2D eigenvalue weighted by molar-refractivity contribution is 7.85. The highest BCUT2D eigenvalue weighted by Gasteiger charge is 2.28. The Hall–Kier alpha value is -1.69. The number of amides is 1. The summed E-state index contributed by atoms with van der Waals surface area (Å²) in [5.41, 5.74) is 6.20. The molecule has 3 N–H and O–H groups in total. The van der Waals surface area contributed by atoms with Crippen molar-refractivity contribution in [2.45, 2.75) is 24.9 Å². The van der Waals surface area contributed by atoms with Crippen LogP contribution in [0.2, 0.25) is 0 Å². The predicted octanol–water partition coefficient (Wildman–Crippen LogP) is 1.14. The van der Waals surface area contributed by atoms with E-state index in [0.717, 1.165) is 5.56 Å². The summed E-state index contributed by atoms with van der Waals surface area (Å²) in [5.74, 6) is -1.64. The van der Waals surface area contributed by atoms with Crippen LogP contribution in [0.4, 0.5) is 0 Å². The number of carbonyl (C=O) groups is 2. The van der Waals surface area contributed by atoms with E-state index in [1.54, 1.807) is 38.1 Å². The van der Waals surface area contributed by atoms with Crippen molar-refractivity contribution in [3.05, 3.63) is 35.4 Å². The molecule has 1 aromatic carbocycles. The van der Waals surface area contributed by atoms with Crippen LogP contribution >= 0.6 is 0 Å². The van der Waals surface area contributed by atoms with Crippen molar-refractivity contribution >= 4 is 22.7 Å². The summed E-state index contributed by atoms with van der Waals surface area (Å²) in [4.78, 5) is 22.0. The Kier molecular flexibility index (Phi) is 5.23. The Balaban J connectivity index is 2.81. The molecule has 0 radical (unpaired) electrons. The summed E-state index contributed by atoms with van der Waals surface area (Å²) in [6.45, 7) is 3.46. The topological polar surface area (TPSA) is 97.5 Å². The number of carbonyl (C=O) groups excluding carboxylic acids is 1. The van der Waals surface area contributed by atoms with Gasteiger partial charge in [-0.25, -0.2) is 0 Å². The molecule has 1 amide bonds. The lowest BCUT2D eigenvalue weighted by atomic mass is 10.1. The Morgan fingerprint density at radius 2 is 1.79 bits per heavy atom. The van der Waals surface area contributed by atoms with Crippen molar-refractivity contribution < 1.29 is 18.9 Å². The fraction of sp³-hybridized carbons (Fsp3) is 0.385. The molecule has 0 fully saturated rings. The number of hydrogen-bond acceptors (Lipinski definition) is 3. The van der Waals surface area contributed by atoms with E-state index in [0.29, 0.717) is 5.56 Å². The number of carboxylic acids is 1. The normalized spacial score (nSPS) is 14.1. The highest BCUT2D eigenvalue weighted by atomic mass is 32.2. The quantitative estimate of drug-likeness (QED) is 0.818.